The van der Waals surface area contributed by atoms with Crippen molar-refractivity contribution in [2.75, 3.05) is 6.54 Å². The second-order valence-corrected chi connectivity index (χ2v) is 11.8. The molecule has 6 atom stereocenters. The van der Waals surface area contributed by atoms with Crippen molar-refractivity contribution in [2.24, 2.45) is 5.73 Å². The van der Waals surface area contributed by atoms with Crippen LogP contribution in [0.2, 0.25) is 0 Å². The molecular weight excluding hydrogens is 534 g/mol. The second kappa shape index (κ2) is 13.5. The quantitative estimate of drug-likeness (QED) is 0.250. The van der Waals surface area contributed by atoms with Crippen LogP contribution in [0.25, 0.3) is 0 Å². The van der Waals surface area contributed by atoms with Crippen molar-refractivity contribution in [3.8, 4) is 0 Å². The van der Waals surface area contributed by atoms with E-state index in [9.17, 15) is 24.9 Å². The van der Waals surface area contributed by atoms with Crippen LogP contribution in [0.3, 0.4) is 0 Å². The van der Waals surface area contributed by atoms with E-state index in [1.165, 1.54) is 4.90 Å². The third kappa shape index (κ3) is 7.74. The van der Waals surface area contributed by atoms with Crippen LogP contribution < -0.4 is 11.1 Å². The van der Waals surface area contributed by atoms with Gasteiger partial charge in [0, 0.05) is 13.0 Å². The fourth-order valence-electron chi connectivity index (χ4n) is 5.39. The molecule has 2 unspecified atom stereocenters. The number of aliphatic hydroxyl groups is 3. The number of benzene rings is 3. The van der Waals surface area contributed by atoms with Crippen LogP contribution in [0.1, 0.15) is 55.2 Å². The highest BCUT2D eigenvalue weighted by Gasteiger charge is 2.42. The normalized spacial score (nSPS) is 19.2. The molecule has 3 aromatic carbocycles. The molecule has 0 heterocycles. The molecule has 0 saturated carbocycles. The fourth-order valence-corrected chi connectivity index (χ4v) is 5.39. The first-order valence-electron chi connectivity index (χ1n) is 14.2. The summed E-state index contributed by atoms with van der Waals surface area (Å²) in [5, 5.41) is 36.6. The van der Waals surface area contributed by atoms with Gasteiger partial charge in [-0.2, -0.15) is 0 Å². The van der Waals surface area contributed by atoms with Gasteiger partial charge in [0.2, 0.25) is 5.91 Å². The molecule has 3 aromatic rings. The number of hydrogen-bond donors (Lipinski definition) is 5. The Morgan fingerprint density at radius 3 is 2.21 bits per heavy atom. The number of fused-ring (bicyclic) bond motifs is 1. The zero-order valence-corrected chi connectivity index (χ0v) is 24.3. The zero-order valence-electron chi connectivity index (χ0n) is 24.3. The van der Waals surface area contributed by atoms with Crippen LogP contribution in [0.15, 0.2) is 84.9 Å². The number of ether oxygens (including phenoxy) is 1. The monoisotopic (exact) mass is 575 g/mol. The van der Waals surface area contributed by atoms with Crippen molar-refractivity contribution >= 4 is 12.0 Å². The molecule has 0 spiro atoms. The zero-order chi connectivity index (χ0) is 30.4. The molecule has 9 heteroatoms. The number of nitrogens with zero attached hydrogens (tertiary/aromatic N) is 1. The van der Waals surface area contributed by atoms with Crippen LogP contribution >= 0.6 is 0 Å². The summed E-state index contributed by atoms with van der Waals surface area (Å²) in [6.45, 7) is 4.97. The van der Waals surface area contributed by atoms with Gasteiger partial charge in [0.15, 0.2) is 0 Å². The molecule has 4 rings (SSSR count). The second-order valence-electron chi connectivity index (χ2n) is 11.8. The number of nitrogens with two attached hydrogens (primary N) is 1. The van der Waals surface area contributed by atoms with E-state index in [0.717, 1.165) is 16.7 Å². The molecule has 0 saturated heterocycles. The van der Waals surface area contributed by atoms with Crippen molar-refractivity contribution in [3.05, 3.63) is 107 Å². The molecule has 42 heavy (non-hydrogen) atoms. The minimum atomic E-state index is -1.37. The maximum atomic E-state index is 14.0. The number of amides is 2. The summed E-state index contributed by atoms with van der Waals surface area (Å²) in [6.07, 6.45) is -3.67. The summed E-state index contributed by atoms with van der Waals surface area (Å²) >= 11 is 0. The summed E-state index contributed by atoms with van der Waals surface area (Å²) in [4.78, 5) is 28.2. The molecule has 6 N–H and O–H groups in total. The molecule has 0 radical (unpaired) electrons. The Balaban J connectivity index is 1.66. The van der Waals surface area contributed by atoms with Crippen molar-refractivity contribution in [2.45, 2.75) is 75.7 Å². The van der Waals surface area contributed by atoms with E-state index >= 15 is 0 Å². The van der Waals surface area contributed by atoms with Crippen LogP contribution in [0.5, 0.6) is 0 Å². The Kier molecular flexibility index (Phi) is 10.0. The van der Waals surface area contributed by atoms with E-state index in [2.05, 4.69) is 5.32 Å². The van der Waals surface area contributed by atoms with Gasteiger partial charge in [-0.25, -0.2) is 4.79 Å². The van der Waals surface area contributed by atoms with Crippen LogP contribution in [-0.4, -0.2) is 68.7 Å². The third-order valence-corrected chi connectivity index (χ3v) is 7.40. The van der Waals surface area contributed by atoms with E-state index in [-0.39, 0.29) is 13.0 Å². The lowest BCUT2D eigenvalue weighted by atomic mass is 9.97. The highest BCUT2D eigenvalue weighted by molar-refractivity contribution is 5.83. The van der Waals surface area contributed by atoms with E-state index in [1.54, 1.807) is 51.1 Å². The lowest BCUT2D eigenvalue weighted by Gasteiger charge is -2.38. The van der Waals surface area contributed by atoms with E-state index < -0.39 is 54.0 Å². The molecule has 0 bridgehead atoms. The molecule has 0 aromatic heterocycles. The van der Waals surface area contributed by atoms with Crippen molar-refractivity contribution in [3.63, 3.8) is 0 Å². The summed E-state index contributed by atoms with van der Waals surface area (Å²) in [5.74, 6) is -0.637. The number of alkyl carbamates (subject to hydrolysis) is 1. The number of rotatable bonds is 10. The van der Waals surface area contributed by atoms with Gasteiger partial charge in [-0.1, -0.05) is 84.9 Å². The Labute approximate surface area is 246 Å². The Hall–Kier alpha value is -3.76. The smallest absolute Gasteiger partial charge is 0.407 e. The predicted octanol–water partition coefficient (Wildman–Crippen LogP) is 3.03. The lowest BCUT2D eigenvalue weighted by Crippen LogP contribution is -2.56. The predicted molar refractivity (Wildman–Crippen MR) is 159 cm³/mol. The first-order chi connectivity index (χ1) is 19.9. The molecule has 0 fully saturated rings. The average Bonchev–Trinajstić information content (AvgIpc) is 3.29. The number of hydrogen-bond acceptors (Lipinski definition) is 7. The number of aliphatic hydroxyl groups excluding tert-OH is 3. The first-order valence-corrected chi connectivity index (χ1v) is 14.2. The first kappa shape index (κ1) is 31.2. The van der Waals surface area contributed by atoms with Gasteiger partial charge in [-0.3, -0.25) is 4.79 Å². The highest BCUT2D eigenvalue weighted by Crippen LogP contribution is 2.37. The maximum Gasteiger partial charge on any atom is 0.407 e. The lowest BCUT2D eigenvalue weighted by molar-refractivity contribution is -0.142. The van der Waals surface area contributed by atoms with Crippen molar-refractivity contribution in [1.29, 1.82) is 0 Å². The number of nitrogens with one attached hydrogen (secondary N) is 1. The third-order valence-electron chi connectivity index (χ3n) is 7.40. The average molecular weight is 576 g/mol. The summed E-state index contributed by atoms with van der Waals surface area (Å²) in [6, 6.07) is 22.4. The molecule has 1 aliphatic rings. The Morgan fingerprint density at radius 2 is 1.57 bits per heavy atom. The molecule has 2 amide bonds. The van der Waals surface area contributed by atoms with Gasteiger partial charge in [0.25, 0.3) is 0 Å². The SMILES string of the molecule is CC(C)(C)OC(=O)N[C@@H](Cc1ccccc1)[C@H](O)CN(C(=O)C(N)C(O)c1ccccc1)[C@H]1c2ccccc2C[C@H]1O. The molecule has 224 valence electrons. The molecule has 0 aliphatic heterocycles. The van der Waals surface area contributed by atoms with Gasteiger partial charge in [0.1, 0.15) is 17.7 Å². The maximum absolute atomic E-state index is 14.0. The van der Waals surface area contributed by atoms with E-state index in [0.29, 0.717) is 12.0 Å². The molecule has 1 aliphatic carbocycles. The van der Waals surface area contributed by atoms with E-state index in [4.69, 9.17) is 10.5 Å². The fraction of sp³-hybridized carbons (Fsp3) is 0.394. The summed E-state index contributed by atoms with van der Waals surface area (Å²) < 4.78 is 5.46. The summed E-state index contributed by atoms with van der Waals surface area (Å²) in [7, 11) is 0. The van der Waals surface area contributed by atoms with Crippen molar-refractivity contribution in [1.82, 2.24) is 10.2 Å². The Morgan fingerprint density at radius 1 is 0.976 bits per heavy atom. The topological polar surface area (TPSA) is 145 Å². The van der Waals surface area contributed by atoms with E-state index in [1.807, 2.05) is 54.6 Å². The standard InChI is InChI=1S/C33H41N3O6/c1-33(2,3)42-32(41)35-25(18-21-12-6-4-7-13-21)27(38)20-36(29-24-17-11-10-16-23(24)19-26(29)37)31(40)28(34)30(39)22-14-8-5-9-15-22/h4-17,25-30,37-39H,18-20,34H2,1-3H3,(H,35,41)/t25-,26+,27+,28?,29-,30?/m0/s1. The van der Waals surface area contributed by atoms with Gasteiger partial charge in [-0.05, 0) is 49.4 Å². The molecular formula is C33H41N3O6. The van der Waals surface area contributed by atoms with Crippen LogP contribution in [-0.2, 0) is 22.4 Å². The largest absolute Gasteiger partial charge is 0.444 e. The van der Waals surface area contributed by atoms with Crippen molar-refractivity contribution < 1.29 is 29.6 Å². The minimum absolute atomic E-state index is 0.256. The van der Waals surface area contributed by atoms with Gasteiger partial charge in [0.05, 0.1) is 24.3 Å². The van der Waals surface area contributed by atoms with Gasteiger partial charge >= 0.3 is 6.09 Å². The summed E-state index contributed by atoms with van der Waals surface area (Å²) in [5.41, 5.74) is 8.56. The van der Waals surface area contributed by atoms with Gasteiger partial charge < -0.3 is 36.0 Å². The van der Waals surface area contributed by atoms with Crippen LogP contribution in [0.4, 0.5) is 4.79 Å². The van der Waals surface area contributed by atoms with Crippen LogP contribution in [0, 0.1) is 0 Å². The number of carbonyl (C=O) groups excluding carboxylic acids is 2. The van der Waals surface area contributed by atoms with Gasteiger partial charge in [-0.15, -0.1) is 0 Å². The highest BCUT2D eigenvalue weighted by atomic mass is 16.6. The minimum Gasteiger partial charge on any atom is -0.444 e. The number of carbonyl (C=O) groups is 2. The molecule has 9 nitrogen and oxygen atoms in total. The Bertz CT molecular complexity index is 1330.